The summed E-state index contributed by atoms with van der Waals surface area (Å²) in [6.45, 7) is 3.89. The molecule has 8 heteroatoms. The van der Waals surface area contributed by atoms with E-state index in [4.69, 9.17) is 0 Å². The van der Waals surface area contributed by atoms with E-state index in [1.54, 1.807) is 12.1 Å². The number of aryl methyl sites for hydroxylation is 1. The van der Waals surface area contributed by atoms with Crippen molar-refractivity contribution >= 4 is 21.8 Å². The van der Waals surface area contributed by atoms with Gasteiger partial charge in [0, 0.05) is 26.6 Å². The Balaban J connectivity index is 1.93. The standard InChI is InChI=1S/C28H33N3O4S/c1-4-29-28(33)26(19-23-11-7-5-8-12-23)31(20-24-13-9-6-10-14-24)27(32)21-30(3)36(34,35)25-17-15-22(2)16-18-25/h5-18,26H,4,19-21H2,1-3H3,(H,29,33)/t26-/m0/s1. The molecule has 36 heavy (non-hydrogen) atoms. The quantitative estimate of drug-likeness (QED) is 0.431. The van der Waals surface area contributed by atoms with Gasteiger partial charge in [0.25, 0.3) is 0 Å². The number of hydrogen-bond acceptors (Lipinski definition) is 4. The summed E-state index contributed by atoms with van der Waals surface area (Å²) in [5.74, 6) is -0.737. The van der Waals surface area contributed by atoms with Crippen LogP contribution in [0.15, 0.2) is 89.8 Å². The fraction of sp³-hybridized carbons (Fsp3) is 0.286. The molecule has 0 fully saturated rings. The minimum Gasteiger partial charge on any atom is -0.355 e. The number of hydrogen-bond donors (Lipinski definition) is 1. The van der Waals surface area contributed by atoms with E-state index in [2.05, 4.69) is 5.32 Å². The Bertz CT molecular complexity index is 1250. The highest BCUT2D eigenvalue weighted by Crippen LogP contribution is 2.18. The molecule has 0 bridgehead atoms. The van der Waals surface area contributed by atoms with Gasteiger partial charge < -0.3 is 10.2 Å². The number of benzene rings is 3. The Kier molecular flexibility index (Phi) is 9.38. The number of carbonyl (C=O) groups is 2. The lowest BCUT2D eigenvalue weighted by Crippen LogP contribution is -2.53. The van der Waals surface area contributed by atoms with Crippen molar-refractivity contribution in [3.05, 3.63) is 102 Å². The van der Waals surface area contributed by atoms with Crippen LogP contribution in [-0.2, 0) is 32.6 Å². The van der Waals surface area contributed by atoms with E-state index in [1.807, 2.05) is 74.5 Å². The van der Waals surface area contributed by atoms with Gasteiger partial charge in [0.05, 0.1) is 11.4 Å². The Morgan fingerprint density at radius 1 is 0.861 bits per heavy atom. The Morgan fingerprint density at radius 3 is 1.97 bits per heavy atom. The van der Waals surface area contributed by atoms with Crippen LogP contribution < -0.4 is 5.32 Å². The normalized spacial score (nSPS) is 12.2. The van der Waals surface area contributed by atoms with Crippen molar-refractivity contribution in [2.75, 3.05) is 20.1 Å². The summed E-state index contributed by atoms with van der Waals surface area (Å²) >= 11 is 0. The molecule has 1 atom stereocenters. The lowest BCUT2D eigenvalue weighted by molar-refractivity contribution is -0.141. The van der Waals surface area contributed by atoms with Crippen LogP contribution >= 0.6 is 0 Å². The maximum Gasteiger partial charge on any atom is 0.243 e. The largest absolute Gasteiger partial charge is 0.355 e. The first-order chi connectivity index (χ1) is 17.2. The van der Waals surface area contributed by atoms with Crippen LogP contribution in [0.3, 0.4) is 0 Å². The second-order valence-electron chi connectivity index (χ2n) is 8.68. The maximum absolute atomic E-state index is 13.7. The number of likely N-dealkylation sites (N-methyl/N-ethyl adjacent to an activating group) is 2. The van der Waals surface area contributed by atoms with Crippen molar-refractivity contribution in [2.45, 2.75) is 37.8 Å². The van der Waals surface area contributed by atoms with Gasteiger partial charge in [-0.05, 0) is 37.1 Å². The summed E-state index contributed by atoms with van der Waals surface area (Å²) in [6, 6.07) is 24.5. The molecule has 0 aliphatic rings. The summed E-state index contributed by atoms with van der Waals surface area (Å²) in [5.41, 5.74) is 2.69. The molecule has 0 saturated heterocycles. The third-order valence-electron chi connectivity index (χ3n) is 5.90. The average molecular weight is 508 g/mol. The zero-order valence-corrected chi connectivity index (χ0v) is 21.7. The molecule has 2 amide bonds. The van der Waals surface area contributed by atoms with Gasteiger partial charge in [0.2, 0.25) is 21.8 Å². The van der Waals surface area contributed by atoms with Crippen molar-refractivity contribution in [3.63, 3.8) is 0 Å². The summed E-state index contributed by atoms with van der Waals surface area (Å²) < 4.78 is 27.3. The molecule has 3 aromatic carbocycles. The SMILES string of the molecule is CCNC(=O)[C@H](Cc1ccccc1)N(Cc1ccccc1)C(=O)CN(C)S(=O)(=O)c1ccc(C)cc1. The molecular weight excluding hydrogens is 474 g/mol. The number of nitrogens with zero attached hydrogens (tertiary/aromatic N) is 2. The van der Waals surface area contributed by atoms with E-state index in [0.717, 1.165) is 21.0 Å². The van der Waals surface area contributed by atoms with E-state index in [0.29, 0.717) is 13.0 Å². The van der Waals surface area contributed by atoms with Gasteiger partial charge in [0.15, 0.2) is 0 Å². The third-order valence-corrected chi connectivity index (χ3v) is 7.72. The van der Waals surface area contributed by atoms with Crippen molar-refractivity contribution in [1.29, 1.82) is 0 Å². The minimum atomic E-state index is -3.89. The Morgan fingerprint density at radius 2 is 1.42 bits per heavy atom. The smallest absolute Gasteiger partial charge is 0.243 e. The molecular formula is C28H33N3O4S. The first-order valence-corrected chi connectivity index (χ1v) is 13.3. The molecule has 3 rings (SSSR count). The maximum atomic E-state index is 13.7. The van der Waals surface area contributed by atoms with Crippen molar-refractivity contribution in [3.8, 4) is 0 Å². The summed E-state index contributed by atoms with van der Waals surface area (Å²) in [4.78, 5) is 28.4. The summed E-state index contributed by atoms with van der Waals surface area (Å²) in [6.07, 6.45) is 0.305. The molecule has 0 unspecified atom stereocenters. The van der Waals surface area contributed by atoms with Gasteiger partial charge in [-0.1, -0.05) is 78.4 Å². The van der Waals surface area contributed by atoms with Gasteiger partial charge in [-0.25, -0.2) is 8.42 Å². The lowest BCUT2D eigenvalue weighted by atomic mass is 10.0. The van der Waals surface area contributed by atoms with Crippen LogP contribution in [0.25, 0.3) is 0 Å². The first kappa shape index (κ1) is 27.1. The van der Waals surface area contributed by atoms with Crippen LogP contribution in [0, 0.1) is 6.92 Å². The predicted molar refractivity (Wildman–Crippen MR) is 141 cm³/mol. The number of amides is 2. The van der Waals surface area contributed by atoms with Gasteiger partial charge >= 0.3 is 0 Å². The molecule has 0 aliphatic heterocycles. The fourth-order valence-electron chi connectivity index (χ4n) is 3.88. The third kappa shape index (κ3) is 7.02. The molecule has 1 N–H and O–H groups in total. The molecule has 0 radical (unpaired) electrons. The number of nitrogens with one attached hydrogen (secondary N) is 1. The molecule has 7 nitrogen and oxygen atoms in total. The average Bonchev–Trinajstić information content (AvgIpc) is 2.87. The molecule has 0 saturated carbocycles. The molecule has 0 aromatic heterocycles. The van der Waals surface area contributed by atoms with Crippen molar-refractivity contribution in [2.24, 2.45) is 0 Å². The van der Waals surface area contributed by atoms with E-state index >= 15 is 0 Å². The molecule has 190 valence electrons. The molecule has 0 aliphatic carbocycles. The second kappa shape index (κ2) is 12.5. The molecule has 3 aromatic rings. The van der Waals surface area contributed by atoms with Crippen molar-refractivity contribution in [1.82, 2.24) is 14.5 Å². The van der Waals surface area contributed by atoms with Crippen LogP contribution in [0.2, 0.25) is 0 Å². The Labute approximate surface area is 213 Å². The highest BCUT2D eigenvalue weighted by molar-refractivity contribution is 7.89. The van der Waals surface area contributed by atoms with Crippen LogP contribution in [0.5, 0.6) is 0 Å². The fourth-order valence-corrected chi connectivity index (χ4v) is 5.00. The highest BCUT2D eigenvalue weighted by Gasteiger charge is 2.32. The van der Waals surface area contributed by atoms with E-state index < -0.39 is 28.5 Å². The molecule has 0 spiro atoms. The second-order valence-corrected chi connectivity index (χ2v) is 10.7. The lowest BCUT2D eigenvalue weighted by Gasteiger charge is -2.32. The van der Waals surface area contributed by atoms with Gasteiger partial charge in [-0.2, -0.15) is 4.31 Å². The molecule has 0 heterocycles. The van der Waals surface area contributed by atoms with Crippen molar-refractivity contribution < 1.29 is 18.0 Å². The summed E-state index contributed by atoms with van der Waals surface area (Å²) in [7, 11) is -2.51. The topological polar surface area (TPSA) is 86.8 Å². The first-order valence-electron chi connectivity index (χ1n) is 11.9. The van der Waals surface area contributed by atoms with E-state index in [-0.39, 0.29) is 17.3 Å². The van der Waals surface area contributed by atoms with Gasteiger partial charge in [-0.3, -0.25) is 9.59 Å². The monoisotopic (exact) mass is 507 g/mol. The number of rotatable bonds is 11. The van der Waals surface area contributed by atoms with Gasteiger partial charge in [0.1, 0.15) is 6.04 Å². The highest BCUT2D eigenvalue weighted by atomic mass is 32.2. The Hall–Kier alpha value is -3.49. The zero-order valence-electron chi connectivity index (χ0n) is 20.9. The van der Waals surface area contributed by atoms with Crippen LogP contribution in [0.1, 0.15) is 23.6 Å². The predicted octanol–water partition coefficient (Wildman–Crippen LogP) is 3.39. The number of carbonyl (C=O) groups excluding carboxylic acids is 2. The minimum absolute atomic E-state index is 0.113. The summed E-state index contributed by atoms with van der Waals surface area (Å²) in [5, 5.41) is 2.84. The zero-order chi connectivity index (χ0) is 26.1. The van der Waals surface area contributed by atoms with E-state index in [1.165, 1.54) is 24.1 Å². The van der Waals surface area contributed by atoms with Gasteiger partial charge in [-0.15, -0.1) is 0 Å². The van der Waals surface area contributed by atoms with Crippen LogP contribution in [0.4, 0.5) is 0 Å². The van der Waals surface area contributed by atoms with Crippen LogP contribution in [-0.4, -0.2) is 55.6 Å². The van der Waals surface area contributed by atoms with E-state index in [9.17, 15) is 18.0 Å². The number of sulfonamides is 1.